The van der Waals surface area contributed by atoms with Crippen LogP contribution in [0.4, 0.5) is 0 Å². The van der Waals surface area contributed by atoms with Gasteiger partial charge in [0.15, 0.2) is 0 Å². The molecule has 1 aromatic carbocycles. The highest BCUT2D eigenvalue weighted by Gasteiger charge is 2.30. The van der Waals surface area contributed by atoms with E-state index < -0.39 is 0 Å². The van der Waals surface area contributed by atoms with E-state index in [-0.39, 0.29) is 29.3 Å². The van der Waals surface area contributed by atoms with E-state index in [2.05, 4.69) is 51.2 Å². The number of hydrogen-bond donors (Lipinski definition) is 2. The van der Waals surface area contributed by atoms with Gasteiger partial charge in [-0.1, -0.05) is 57.5 Å². The van der Waals surface area contributed by atoms with E-state index in [0.29, 0.717) is 0 Å². The molecule has 0 bridgehead atoms. The first-order valence-electron chi connectivity index (χ1n) is 7.25. The summed E-state index contributed by atoms with van der Waals surface area (Å²) in [5, 5.41) is 3.16. The molecule has 0 radical (unpaired) electrons. The molecule has 0 aliphatic heterocycles. The van der Waals surface area contributed by atoms with Crippen LogP contribution in [-0.2, 0) is 4.79 Å². The van der Waals surface area contributed by atoms with Crippen LogP contribution in [0.5, 0.6) is 0 Å². The Balaban J connectivity index is 3.01. The first kappa shape index (κ1) is 16.7. The van der Waals surface area contributed by atoms with Gasteiger partial charge in [-0.05, 0) is 24.8 Å². The van der Waals surface area contributed by atoms with Crippen molar-refractivity contribution in [2.75, 3.05) is 0 Å². The van der Waals surface area contributed by atoms with E-state index in [1.165, 1.54) is 5.56 Å². The number of hydrogen-bond acceptors (Lipinski definition) is 2. The van der Waals surface area contributed by atoms with Gasteiger partial charge in [-0.25, -0.2) is 0 Å². The van der Waals surface area contributed by atoms with Crippen LogP contribution < -0.4 is 11.1 Å². The number of nitrogens with two attached hydrogens (primary N) is 1. The van der Waals surface area contributed by atoms with Crippen molar-refractivity contribution in [3.63, 3.8) is 0 Å². The number of aryl methyl sites for hydroxylation is 1. The Hall–Kier alpha value is -1.35. The molecule has 1 aromatic rings. The monoisotopic (exact) mass is 276 g/mol. The van der Waals surface area contributed by atoms with Crippen molar-refractivity contribution in [3.05, 3.63) is 35.4 Å². The van der Waals surface area contributed by atoms with Gasteiger partial charge in [-0.2, -0.15) is 0 Å². The Labute approximate surface area is 122 Å². The Morgan fingerprint density at radius 3 is 2.30 bits per heavy atom. The fourth-order valence-corrected chi connectivity index (χ4v) is 2.16. The van der Waals surface area contributed by atoms with Crippen LogP contribution in [0.3, 0.4) is 0 Å². The van der Waals surface area contributed by atoms with Crippen LogP contribution in [0.1, 0.15) is 51.8 Å². The molecule has 20 heavy (non-hydrogen) atoms. The summed E-state index contributed by atoms with van der Waals surface area (Å²) >= 11 is 0. The topological polar surface area (TPSA) is 55.1 Å². The number of amides is 1. The Kier molecular flexibility index (Phi) is 5.35. The molecule has 1 rings (SSSR count). The molecular weight excluding hydrogens is 248 g/mol. The zero-order chi connectivity index (χ0) is 15.5. The molecule has 3 unspecified atom stereocenters. The predicted molar refractivity (Wildman–Crippen MR) is 84.3 cm³/mol. The van der Waals surface area contributed by atoms with E-state index in [0.717, 1.165) is 5.56 Å². The van der Waals surface area contributed by atoms with E-state index >= 15 is 0 Å². The minimum Gasteiger partial charge on any atom is -0.348 e. The highest BCUT2D eigenvalue weighted by molar-refractivity contribution is 5.79. The second kappa shape index (κ2) is 6.40. The maximum Gasteiger partial charge on any atom is 0.224 e. The number of benzene rings is 1. The molecule has 3 heteroatoms. The average Bonchev–Trinajstić information content (AvgIpc) is 2.33. The van der Waals surface area contributed by atoms with Gasteiger partial charge in [0.25, 0.3) is 0 Å². The van der Waals surface area contributed by atoms with Crippen LogP contribution in [0.2, 0.25) is 0 Å². The Bertz CT molecular complexity index is 460. The van der Waals surface area contributed by atoms with Gasteiger partial charge in [0, 0.05) is 12.0 Å². The van der Waals surface area contributed by atoms with Gasteiger partial charge in [0.2, 0.25) is 5.91 Å². The van der Waals surface area contributed by atoms with E-state index in [1.54, 1.807) is 0 Å². The van der Waals surface area contributed by atoms with Crippen molar-refractivity contribution in [3.8, 4) is 0 Å². The fraction of sp³-hybridized carbons (Fsp3) is 0.588. The van der Waals surface area contributed by atoms with Gasteiger partial charge in [-0.15, -0.1) is 0 Å². The van der Waals surface area contributed by atoms with Crippen molar-refractivity contribution in [2.45, 2.75) is 53.6 Å². The minimum atomic E-state index is -0.190. The van der Waals surface area contributed by atoms with Crippen LogP contribution >= 0.6 is 0 Å². The van der Waals surface area contributed by atoms with Crippen molar-refractivity contribution in [1.82, 2.24) is 5.32 Å². The molecule has 0 spiro atoms. The van der Waals surface area contributed by atoms with Gasteiger partial charge >= 0.3 is 0 Å². The predicted octanol–water partition coefficient (Wildman–Crippen LogP) is 3.18. The fourth-order valence-electron chi connectivity index (χ4n) is 2.16. The number of rotatable bonds is 4. The summed E-state index contributed by atoms with van der Waals surface area (Å²) in [7, 11) is 0. The van der Waals surface area contributed by atoms with Crippen LogP contribution in [0.15, 0.2) is 24.3 Å². The maximum absolute atomic E-state index is 12.3. The first-order valence-corrected chi connectivity index (χ1v) is 7.25. The van der Waals surface area contributed by atoms with Crippen molar-refractivity contribution >= 4 is 5.91 Å². The molecule has 3 N–H and O–H groups in total. The van der Waals surface area contributed by atoms with E-state index in [1.807, 2.05) is 19.9 Å². The third kappa shape index (κ3) is 4.34. The molecule has 0 aromatic heterocycles. The van der Waals surface area contributed by atoms with Gasteiger partial charge < -0.3 is 11.1 Å². The quantitative estimate of drug-likeness (QED) is 0.887. The lowest BCUT2D eigenvalue weighted by Gasteiger charge is -2.33. The summed E-state index contributed by atoms with van der Waals surface area (Å²) in [5.41, 5.74) is 8.11. The molecule has 0 aliphatic carbocycles. The smallest absolute Gasteiger partial charge is 0.224 e. The van der Waals surface area contributed by atoms with E-state index in [4.69, 9.17) is 5.73 Å². The van der Waals surface area contributed by atoms with E-state index in [9.17, 15) is 4.79 Å². The second-order valence-electron chi connectivity index (χ2n) is 6.87. The maximum atomic E-state index is 12.3. The minimum absolute atomic E-state index is 0.0152. The van der Waals surface area contributed by atoms with Crippen LogP contribution in [-0.4, -0.2) is 11.9 Å². The molecule has 0 fully saturated rings. The second-order valence-corrected chi connectivity index (χ2v) is 6.87. The average molecular weight is 276 g/mol. The third-order valence-corrected chi connectivity index (χ3v) is 3.73. The summed E-state index contributed by atoms with van der Waals surface area (Å²) in [4.78, 5) is 12.3. The van der Waals surface area contributed by atoms with Crippen LogP contribution in [0.25, 0.3) is 0 Å². The lowest BCUT2D eigenvalue weighted by molar-refractivity contribution is -0.126. The number of nitrogens with one attached hydrogen (secondary N) is 1. The number of carbonyl (C=O) groups is 1. The molecule has 0 saturated carbocycles. The van der Waals surface area contributed by atoms with Crippen molar-refractivity contribution in [1.29, 1.82) is 0 Å². The summed E-state index contributed by atoms with van der Waals surface area (Å²) in [5.74, 6) is -0.175. The van der Waals surface area contributed by atoms with Crippen molar-refractivity contribution < 1.29 is 4.79 Å². The Morgan fingerprint density at radius 2 is 1.85 bits per heavy atom. The lowest BCUT2D eigenvalue weighted by Crippen LogP contribution is -2.43. The Morgan fingerprint density at radius 1 is 1.25 bits per heavy atom. The molecule has 1 amide bonds. The molecule has 0 heterocycles. The van der Waals surface area contributed by atoms with Gasteiger partial charge in [-0.3, -0.25) is 4.79 Å². The summed E-state index contributed by atoms with van der Waals surface area (Å²) in [6, 6.07) is 8.14. The molecule has 3 atom stereocenters. The summed E-state index contributed by atoms with van der Waals surface area (Å²) in [6.45, 7) is 12.2. The zero-order valence-corrected chi connectivity index (χ0v) is 13.5. The molecule has 112 valence electrons. The number of carbonyl (C=O) groups excluding carboxylic acids is 1. The lowest BCUT2D eigenvalue weighted by atomic mass is 9.81. The SMILES string of the molecule is Cc1cccc(C(NC(=O)C(C)C(C)N)C(C)(C)C)c1. The zero-order valence-electron chi connectivity index (χ0n) is 13.5. The summed E-state index contributed by atoms with van der Waals surface area (Å²) < 4.78 is 0. The normalized spacial score (nSPS) is 16.4. The first-order chi connectivity index (χ1) is 9.12. The van der Waals surface area contributed by atoms with Crippen LogP contribution in [0, 0.1) is 18.3 Å². The molecule has 0 aliphatic rings. The highest BCUT2D eigenvalue weighted by Crippen LogP contribution is 2.33. The molecule has 3 nitrogen and oxygen atoms in total. The van der Waals surface area contributed by atoms with Crippen molar-refractivity contribution in [2.24, 2.45) is 17.1 Å². The standard InChI is InChI=1S/C17H28N2O/c1-11-8-7-9-14(10-11)15(17(4,5)6)19-16(20)12(2)13(3)18/h7-10,12-13,15H,18H2,1-6H3,(H,19,20). The molecular formula is C17H28N2O. The highest BCUT2D eigenvalue weighted by atomic mass is 16.2. The summed E-state index contributed by atoms with van der Waals surface area (Å²) in [6.07, 6.45) is 0. The third-order valence-electron chi connectivity index (χ3n) is 3.73. The largest absolute Gasteiger partial charge is 0.348 e. The van der Waals surface area contributed by atoms with Gasteiger partial charge in [0.05, 0.1) is 6.04 Å². The van der Waals surface area contributed by atoms with Gasteiger partial charge in [0.1, 0.15) is 0 Å². The molecule has 0 saturated heterocycles.